The Kier molecular flexibility index (Phi) is 4.98. The van der Waals surface area contributed by atoms with E-state index in [4.69, 9.17) is 4.74 Å². The van der Waals surface area contributed by atoms with Crippen LogP contribution in [0, 0.1) is 5.92 Å². The Morgan fingerprint density at radius 1 is 1.11 bits per heavy atom. The maximum Gasteiger partial charge on any atom is 0.323 e. The first kappa shape index (κ1) is 18.1. The van der Waals surface area contributed by atoms with E-state index in [9.17, 15) is 4.79 Å². The summed E-state index contributed by atoms with van der Waals surface area (Å²) in [5.74, 6) is 1.58. The van der Waals surface area contributed by atoms with Crippen molar-refractivity contribution in [2.75, 3.05) is 7.05 Å². The molecule has 2 amide bonds. The molecular formula is C23H30N2O2. The van der Waals surface area contributed by atoms with Gasteiger partial charge in [-0.2, -0.15) is 0 Å². The van der Waals surface area contributed by atoms with Gasteiger partial charge in [0.15, 0.2) is 6.23 Å². The van der Waals surface area contributed by atoms with Crippen molar-refractivity contribution in [2.24, 2.45) is 5.92 Å². The number of nitrogens with zero attached hydrogens (tertiary/aromatic N) is 2. The monoisotopic (exact) mass is 366 g/mol. The summed E-state index contributed by atoms with van der Waals surface area (Å²) in [6, 6.07) is 10.4. The lowest BCUT2D eigenvalue weighted by molar-refractivity contribution is -0.00674. The number of carbonyl (C=O) groups is 1. The lowest BCUT2D eigenvalue weighted by Gasteiger charge is -2.39. The van der Waals surface area contributed by atoms with Crippen molar-refractivity contribution >= 4 is 6.03 Å². The Morgan fingerprint density at radius 2 is 1.81 bits per heavy atom. The molecule has 1 aromatic rings. The minimum absolute atomic E-state index is 0.0207. The summed E-state index contributed by atoms with van der Waals surface area (Å²) in [6.07, 6.45) is 8.85. The van der Waals surface area contributed by atoms with Crippen LogP contribution >= 0.6 is 0 Å². The zero-order valence-electron chi connectivity index (χ0n) is 16.4. The van der Waals surface area contributed by atoms with Crippen LogP contribution in [0.1, 0.15) is 57.1 Å². The maximum absolute atomic E-state index is 13.1. The second kappa shape index (κ2) is 7.41. The number of rotatable bonds is 3. The summed E-state index contributed by atoms with van der Waals surface area (Å²) in [4.78, 5) is 16.9. The first-order valence-electron chi connectivity index (χ1n) is 10.2. The molecule has 0 N–H and O–H groups in total. The van der Waals surface area contributed by atoms with Gasteiger partial charge in [-0.05, 0) is 43.4 Å². The second-order valence-corrected chi connectivity index (χ2v) is 8.17. The van der Waals surface area contributed by atoms with E-state index >= 15 is 0 Å². The molecule has 1 saturated heterocycles. The second-order valence-electron chi connectivity index (χ2n) is 8.17. The molecule has 0 aromatic heterocycles. The van der Waals surface area contributed by atoms with Gasteiger partial charge in [-0.15, -0.1) is 0 Å². The fraction of sp³-hybridized carbons (Fsp3) is 0.522. The van der Waals surface area contributed by atoms with Crippen LogP contribution in [0.5, 0.6) is 0 Å². The topological polar surface area (TPSA) is 32.8 Å². The molecule has 0 radical (unpaired) electrons. The van der Waals surface area contributed by atoms with Crippen LogP contribution in [0.25, 0.3) is 0 Å². The Bertz CT molecular complexity index is 736. The molecule has 0 spiro atoms. The summed E-state index contributed by atoms with van der Waals surface area (Å²) in [6.45, 7) is 6.36. The van der Waals surface area contributed by atoms with Crippen LogP contribution < -0.4 is 0 Å². The molecule has 2 heterocycles. The minimum atomic E-state index is -0.378. The zero-order chi connectivity index (χ0) is 19.0. The molecule has 0 bridgehead atoms. The van der Waals surface area contributed by atoms with E-state index in [2.05, 4.69) is 31.7 Å². The predicted octanol–water partition coefficient (Wildman–Crippen LogP) is 5.25. The van der Waals surface area contributed by atoms with Gasteiger partial charge in [0.25, 0.3) is 0 Å². The van der Waals surface area contributed by atoms with Gasteiger partial charge < -0.3 is 9.64 Å². The van der Waals surface area contributed by atoms with Crippen molar-refractivity contribution in [2.45, 2.75) is 63.8 Å². The highest BCUT2D eigenvalue weighted by atomic mass is 16.5. The Labute approximate surface area is 162 Å². The summed E-state index contributed by atoms with van der Waals surface area (Å²) >= 11 is 0. The number of hydrogen-bond donors (Lipinski definition) is 0. The predicted molar refractivity (Wildman–Crippen MR) is 107 cm³/mol. The van der Waals surface area contributed by atoms with Crippen molar-refractivity contribution in [1.29, 1.82) is 0 Å². The van der Waals surface area contributed by atoms with E-state index < -0.39 is 0 Å². The largest absolute Gasteiger partial charge is 0.471 e. The third-order valence-electron chi connectivity index (χ3n) is 6.45. The number of likely N-dealkylation sites (N-methyl/N-ethyl adjacent to an activating group) is 1. The highest BCUT2D eigenvalue weighted by molar-refractivity contribution is 5.78. The summed E-state index contributed by atoms with van der Waals surface area (Å²) < 4.78 is 6.48. The van der Waals surface area contributed by atoms with Crippen LogP contribution in [0.15, 0.2) is 54.3 Å². The number of benzene rings is 1. The molecule has 4 rings (SSSR count). The molecule has 4 heteroatoms. The molecule has 27 heavy (non-hydrogen) atoms. The fourth-order valence-electron chi connectivity index (χ4n) is 4.75. The van der Waals surface area contributed by atoms with Gasteiger partial charge >= 0.3 is 6.03 Å². The molecule has 4 nitrogen and oxygen atoms in total. The molecule has 144 valence electrons. The van der Waals surface area contributed by atoms with E-state index in [1.807, 2.05) is 35.0 Å². The van der Waals surface area contributed by atoms with Gasteiger partial charge in [0.05, 0.1) is 17.8 Å². The highest BCUT2D eigenvalue weighted by Gasteiger charge is 2.48. The van der Waals surface area contributed by atoms with Crippen molar-refractivity contribution in [1.82, 2.24) is 9.80 Å². The molecule has 1 aliphatic carbocycles. The lowest BCUT2D eigenvalue weighted by Crippen LogP contribution is -2.44. The van der Waals surface area contributed by atoms with E-state index in [-0.39, 0.29) is 24.3 Å². The highest BCUT2D eigenvalue weighted by Crippen LogP contribution is 2.42. The average Bonchev–Trinajstić information content (AvgIpc) is 2.94. The Balaban J connectivity index is 1.63. The number of urea groups is 1. The standard InChI is InChI=1S/C23H30N2O2/c1-16-14-15-20(18-10-6-4-7-11-18)27-22(16)25-21(17(2)24(3)23(25)26)19-12-8-5-9-13-19/h5,8-9,12-13,15,17-18,21-22H,1,4,6-7,10-11,14H2,2-3H3/t17-,21-,22-/m0/s1. The van der Waals surface area contributed by atoms with Crippen molar-refractivity contribution in [3.63, 3.8) is 0 Å². The third kappa shape index (κ3) is 3.26. The molecule has 3 atom stereocenters. The van der Waals surface area contributed by atoms with E-state index in [1.165, 1.54) is 32.1 Å². The zero-order valence-corrected chi connectivity index (χ0v) is 16.4. The van der Waals surface area contributed by atoms with Gasteiger partial charge in [0, 0.05) is 13.0 Å². The van der Waals surface area contributed by atoms with Crippen molar-refractivity contribution in [3.8, 4) is 0 Å². The van der Waals surface area contributed by atoms with Crippen LogP contribution in [-0.2, 0) is 4.74 Å². The van der Waals surface area contributed by atoms with Crippen LogP contribution in [0.4, 0.5) is 4.79 Å². The molecule has 2 fully saturated rings. The third-order valence-corrected chi connectivity index (χ3v) is 6.45. The van der Waals surface area contributed by atoms with E-state index in [1.54, 1.807) is 0 Å². The average molecular weight is 367 g/mol. The first-order chi connectivity index (χ1) is 13.1. The van der Waals surface area contributed by atoms with E-state index in [0.29, 0.717) is 5.92 Å². The van der Waals surface area contributed by atoms with Crippen LogP contribution in [0.3, 0.4) is 0 Å². The molecule has 1 aromatic carbocycles. The van der Waals surface area contributed by atoms with Gasteiger partial charge in [-0.25, -0.2) is 4.79 Å². The maximum atomic E-state index is 13.1. The van der Waals surface area contributed by atoms with Crippen molar-refractivity contribution in [3.05, 3.63) is 59.9 Å². The van der Waals surface area contributed by atoms with Gasteiger partial charge in [-0.1, -0.05) is 56.2 Å². The number of hydrogen-bond acceptors (Lipinski definition) is 2. The first-order valence-corrected chi connectivity index (χ1v) is 10.2. The van der Waals surface area contributed by atoms with Crippen LogP contribution in [-0.4, -0.2) is 35.1 Å². The molecule has 0 unspecified atom stereocenters. The molecule has 2 aliphatic heterocycles. The fourth-order valence-corrected chi connectivity index (χ4v) is 4.75. The van der Waals surface area contributed by atoms with Gasteiger partial charge in [0.1, 0.15) is 0 Å². The lowest BCUT2D eigenvalue weighted by atomic mass is 9.86. The minimum Gasteiger partial charge on any atom is -0.471 e. The molecule has 3 aliphatic rings. The summed E-state index contributed by atoms with van der Waals surface area (Å²) in [5.41, 5.74) is 2.11. The Morgan fingerprint density at radius 3 is 2.52 bits per heavy atom. The van der Waals surface area contributed by atoms with Gasteiger partial charge in [-0.3, -0.25) is 4.90 Å². The number of ether oxygens (including phenoxy) is 1. The van der Waals surface area contributed by atoms with Crippen molar-refractivity contribution < 1.29 is 9.53 Å². The Hall–Kier alpha value is -2.23. The van der Waals surface area contributed by atoms with Crippen LogP contribution in [0.2, 0.25) is 0 Å². The SMILES string of the molecule is C=C1CC=C(C2CCCCC2)O[C@@H]1N1C(=O)N(C)[C@@H](C)[C@H]1c1ccccc1. The number of allylic oxidation sites excluding steroid dienone is 2. The number of carbonyl (C=O) groups excluding carboxylic acids is 1. The normalized spacial score (nSPS) is 29.7. The molecular weight excluding hydrogens is 336 g/mol. The quantitative estimate of drug-likeness (QED) is 0.685. The van der Waals surface area contributed by atoms with Gasteiger partial charge in [0.2, 0.25) is 0 Å². The summed E-state index contributed by atoms with van der Waals surface area (Å²) in [7, 11) is 1.88. The number of amides is 2. The molecule has 1 saturated carbocycles. The summed E-state index contributed by atoms with van der Waals surface area (Å²) in [5, 5.41) is 0. The smallest absolute Gasteiger partial charge is 0.323 e. The van der Waals surface area contributed by atoms with E-state index in [0.717, 1.165) is 23.3 Å².